The second kappa shape index (κ2) is 9.02. The van der Waals surface area contributed by atoms with E-state index in [1.165, 1.54) is 5.57 Å². The second-order valence-corrected chi connectivity index (χ2v) is 9.92. The number of nitrogens with zero attached hydrogens (tertiary/aromatic N) is 3. The minimum atomic E-state index is -0.360. The van der Waals surface area contributed by atoms with Gasteiger partial charge in [0.1, 0.15) is 0 Å². The summed E-state index contributed by atoms with van der Waals surface area (Å²) in [6.07, 6.45) is 2.60. The highest BCUT2D eigenvalue weighted by Gasteiger charge is 2.38. The van der Waals surface area contributed by atoms with E-state index in [0.717, 1.165) is 46.1 Å². The number of hydrogen-bond donors (Lipinski definition) is 0. The minimum Gasteiger partial charge on any atom is -0.449 e. The van der Waals surface area contributed by atoms with Crippen LogP contribution in [0, 0.1) is 11.8 Å². The van der Waals surface area contributed by atoms with Crippen LogP contribution in [0.1, 0.15) is 38.8 Å². The number of likely N-dealkylation sites (N-methyl/N-ethyl adjacent to an activating group) is 1. The molecule has 0 radical (unpaired) electrons. The van der Waals surface area contributed by atoms with Crippen molar-refractivity contribution < 1.29 is 14.3 Å². The van der Waals surface area contributed by atoms with Gasteiger partial charge >= 0.3 is 6.09 Å². The van der Waals surface area contributed by atoms with Crippen LogP contribution < -0.4 is 0 Å². The van der Waals surface area contributed by atoms with Gasteiger partial charge in [0.2, 0.25) is 5.91 Å². The Morgan fingerprint density at radius 1 is 1.25 bits per heavy atom. The number of carbonyl (C=O) groups is 2. The molecule has 2 heterocycles. The van der Waals surface area contributed by atoms with Gasteiger partial charge in [0, 0.05) is 31.1 Å². The van der Waals surface area contributed by atoms with Crippen LogP contribution >= 0.6 is 15.9 Å². The Labute approximate surface area is 198 Å². The van der Waals surface area contributed by atoms with Crippen molar-refractivity contribution in [1.29, 1.82) is 0 Å². The van der Waals surface area contributed by atoms with E-state index in [-0.39, 0.29) is 29.9 Å². The molecule has 32 heavy (non-hydrogen) atoms. The Balaban J connectivity index is 1.81. The van der Waals surface area contributed by atoms with Gasteiger partial charge in [-0.1, -0.05) is 32.1 Å². The molecule has 1 aromatic carbocycles. The van der Waals surface area contributed by atoms with Crippen LogP contribution in [0.2, 0.25) is 0 Å². The molecule has 1 aliphatic carbocycles. The summed E-state index contributed by atoms with van der Waals surface area (Å²) in [6, 6.07) is 6.24. The van der Waals surface area contributed by atoms with E-state index in [0.29, 0.717) is 13.2 Å². The van der Waals surface area contributed by atoms with Crippen LogP contribution in [0.5, 0.6) is 0 Å². The number of fused-ring (bicyclic) bond motifs is 2. The predicted molar refractivity (Wildman–Crippen MR) is 131 cm³/mol. The zero-order valence-electron chi connectivity index (χ0n) is 19.5. The predicted octanol–water partition coefficient (Wildman–Crippen LogP) is 4.78. The van der Waals surface area contributed by atoms with E-state index in [1.54, 1.807) is 4.57 Å². The highest BCUT2D eigenvalue weighted by atomic mass is 79.9. The molecule has 6 nitrogen and oxygen atoms in total. The standard InChI is InChI=1S/C25H32BrN3O3/c1-6-28(7-2)24(30)16-11-18-17-9-8-10-20-22(17)19(12-21(18)27(5)13-16)23(26)29(20)25(31)32-14-15(3)4/h8-11,15-16,21H,6-7,12-14H2,1-5H3. The normalized spacial score (nSPS) is 20.3. The molecule has 0 saturated carbocycles. The van der Waals surface area contributed by atoms with E-state index in [1.807, 2.05) is 44.7 Å². The van der Waals surface area contributed by atoms with Crippen molar-refractivity contribution in [1.82, 2.24) is 14.4 Å². The topological polar surface area (TPSA) is 54.8 Å². The van der Waals surface area contributed by atoms with E-state index < -0.39 is 0 Å². The van der Waals surface area contributed by atoms with Gasteiger partial charge in [0.15, 0.2) is 0 Å². The lowest BCUT2D eigenvalue weighted by Crippen LogP contribution is -2.47. The number of ether oxygens (including phenoxy) is 1. The summed E-state index contributed by atoms with van der Waals surface area (Å²) in [7, 11) is 2.09. The number of amides is 1. The molecule has 0 saturated heterocycles. The first-order chi connectivity index (χ1) is 15.3. The van der Waals surface area contributed by atoms with Gasteiger partial charge in [-0.15, -0.1) is 0 Å². The van der Waals surface area contributed by atoms with Crippen LogP contribution in [-0.2, 0) is 16.0 Å². The molecule has 7 heteroatoms. The molecule has 0 spiro atoms. The third-order valence-electron chi connectivity index (χ3n) is 6.61. The molecule has 2 atom stereocenters. The Hall–Kier alpha value is -2.12. The molecular formula is C25H32BrN3O3. The molecule has 0 bridgehead atoms. The van der Waals surface area contributed by atoms with Gasteiger partial charge < -0.3 is 9.64 Å². The first-order valence-electron chi connectivity index (χ1n) is 11.5. The monoisotopic (exact) mass is 501 g/mol. The van der Waals surface area contributed by atoms with Gasteiger partial charge in [-0.05, 0) is 71.9 Å². The summed E-state index contributed by atoms with van der Waals surface area (Å²) >= 11 is 3.70. The van der Waals surface area contributed by atoms with Crippen molar-refractivity contribution in [2.45, 2.75) is 40.2 Å². The van der Waals surface area contributed by atoms with Crippen molar-refractivity contribution in [3.8, 4) is 0 Å². The van der Waals surface area contributed by atoms with Crippen molar-refractivity contribution in [3.05, 3.63) is 40.0 Å². The van der Waals surface area contributed by atoms with Crippen molar-refractivity contribution in [2.75, 3.05) is 33.3 Å². The number of carbonyl (C=O) groups excluding carboxylic acids is 2. The largest absolute Gasteiger partial charge is 0.449 e. The lowest BCUT2D eigenvalue weighted by atomic mass is 9.79. The third kappa shape index (κ3) is 3.79. The fourth-order valence-corrected chi connectivity index (χ4v) is 5.69. The quantitative estimate of drug-likeness (QED) is 0.591. The molecule has 2 aliphatic rings. The maximum absolute atomic E-state index is 13.1. The molecule has 2 aromatic rings. The summed E-state index contributed by atoms with van der Waals surface area (Å²) in [5.41, 5.74) is 4.26. The van der Waals surface area contributed by atoms with Crippen molar-refractivity contribution >= 4 is 44.4 Å². The average molecular weight is 502 g/mol. The smallest absolute Gasteiger partial charge is 0.419 e. The SMILES string of the molecule is CCN(CC)C(=O)C1C=C2c3cccc4c3c(c(Br)n4C(=O)OCC(C)C)CC2N(C)C1. The van der Waals surface area contributed by atoms with Crippen LogP contribution in [0.25, 0.3) is 16.5 Å². The zero-order valence-corrected chi connectivity index (χ0v) is 21.1. The molecule has 1 aliphatic heterocycles. The number of halogens is 1. The number of rotatable bonds is 5. The molecule has 1 amide bonds. The van der Waals surface area contributed by atoms with E-state index in [4.69, 9.17) is 4.74 Å². The Morgan fingerprint density at radius 2 is 1.97 bits per heavy atom. The Bertz CT molecular complexity index is 1080. The number of hydrogen-bond acceptors (Lipinski definition) is 4. The highest BCUT2D eigenvalue weighted by Crippen LogP contribution is 2.45. The van der Waals surface area contributed by atoms with Gasteiger partial charge in [-0.2, -0.15) is 0 Å². The van der Waals surface area contributed by atoms with Crippen LogP contribution in [0.15, 0.2) is 28.9 Å². The minimum absolute atomic E-state index is 0.163. The summed E-state index contributed by atoms with van der Waals surface area (Å²) in [5.74, 6) is 0.290. The summed E-state index contributed by atoms with van der Waals surface area (Å²) in [6.45, 7) is 10.6. The van der Waals surface area contributed by atoms with Crippen LogP contribution in [0.3, 0.4) is 0 Å². The van der Waals surface area contributed by atoms with Crippen molar-refractivity contribution in [3.63, 3.8) is 0 Å². The van der Waals surface area contributed by atoms with Gasteiger partial charge in [0.25, 0.3) is 0 Å². The first-order valence-corrected chi connectivity index (χ1v) is 12.3. The maximum atomic E-state index is 13.1. The molecule has 1 aromatic heterocycles. The lowest BCUT2D eigenvalue weighted by Gasteiger charge is -2.40. The van der Waals surface area contributed by atoms with E-state index in [9.17, 15) is 9.59 Å². The molecule has 0 fully saturated rings. The fourth-order valence-electron chi connectivity index (χ4n) is 5.00. The summed E-state index contributed by atoms with van der Waals surface area (Å²) in [5, 5.41) is 1.08. The Kier molecular flexibility index (Phi) is 6.50. The molecule has 2 unspecified atom stereocenters. The molecular weight excluding hydrogens is 470 g/mol. The second-order valence-electron chi connectivity index (χ2n) is 9.17. The van der Waals surface area contributed by atoms with Gasteiger partial charge in [0.05, 0.1) is 22.6 Å². The van der Waals surface area contributed by atoms with Crippen molar-refractivity contribution in [2.24, 2.45) is 11.8 Å². The van der Waals surface area contributed by atoms with Gasteiger partial charge in [-0.25, -0.2) is 9.36 Å². The average Bonchev–Trinajstić information content (AvgIpc) is 3.06. The number of benzene rings is 1. The molecule has 4 rings (SSSR count). The van der Waals surface area contributed by atoms with Gasteiger partial charge in [-0.3, -0.25) is 9.69 Å². The maximum Gasteiger partial charge on any atom is 0.419 e. The number of aromatic nitrogens is 1. The van der Waals surface area contributed by atoms with E-state index in [2.05, 4.69) is 40.0 Å². The van der Waals surface area contributed by atoms with Crippen LogP contribution in [-0.4, -0.2) is 65.7 Å². The van der Waals surface area contributed by atoms with Crippen LogP contribution in [0.4, 0.5) is 4.79 Å². The fraction of sp³-hybridized carbons (Fsp3) is 0.520. The Morgan fingerprint density at radius 3 is 2.62 bits per heavy atom. The lowest BCUT2D eigenvalue weighted by molar-refractivity contribution is -0.134. The highest BCUT2D eigenvalue weighted by molar-refractivity contribution is 9.10. The third-order valence-corrected chi connectivity index (χ3v) is 7.44. The molecule has 0 N–H and O–H groups in total. The summed E-state index contributed by atoms with van der Waals surface area (Å²) < 4.78 is 7.97. The molecule has 172 valence electrons. The zero-order chi connectivity index (χ0) is 23.2. The van der Waals surface area contributed by atoms with E-state index >= 15 is 0 Å². The first kappa shape index (κ1) is 23.1. The summed E-state index contributed by atoms with van der Waals surface area (Å²) in [4.78, 5) is 30.3.